The Bertz CT molecular complexity index is 887. The van der Waals surface area contributed by atoms with Crippen LogP contribution in [0.25, 0.3) is 0 Å². The molecular formula is C16H14ClF6N3O3. The van der Waals surface area contributed by atoms with Crippen molar-refractivity contribution in [3.05, 3.63) is 46.2 Å². The molecule has 1 atom stereocenters. The molecule has 0 aliphatic heterocycles. The van der Waals surface area contributed by atoms with Gasteiger partial charge in [0.1, 0.15) is 11.4 Å². The van der Waals surface area contributed by atoms with E-state index in [0.717, 1.165) is 12.1 Å². The Morgan fingerprint density at radius 2 is 1.93 bits per heavy atom. The minimum atomic E-state index is -5.62. The normalized spacial score (nSPS) is 13.3. The molecule has 1 N–H and O–H groups in total. The molecule has 2 rings (SSSR count). The maximum atomic E-state index is 13.4. The number of rotatable bonds is 7. The predicted molar refractivity (Wildman–Crippen MR) is 88.2 cm³/mol. The van der Waals surface area contributed by atoms with Crippen molar-refractivity contribution >= 4 is 17.5 Å². The van der Waals surface area contributed by atoms with Crippen LogP contribution >= 0.6 is 11.6 Å². The highest BCUT2D eigenvalue weighted by Crippen LogP contribution is 2.35. The van der Waals surface area contributed by atoms with E-state index in [1.54, 1.807) is 20.0 Å². The summed E-state index contributed by atoms with van der Waals surface area (Å²) in [5.41, 5.74) is 1.27. The fourth-order valence-electron chi connectivity index (χ4n) is 2.21. The minimum Gasteiger partial charge on any atom is -0.427 e. The van der Waals surface area contributed by atoms with Crippen LogP contribution < -0.4 is 10.1 Å². The smallest absolute Gasteiger partial charge is 0.427 e. The molecule has 1 aromatic heterocycles. The molecule has 0 spiro atoms. The average molecular weight is 446 g/mol. The van der Waals surface area contributed by atoms with Gasteiger partial charge in [-0.15, -0.1) is 13.2 Å². The lowest BCUT2D eigenvalue weighted by molar-refractivity contribution is -0.411. The van der Waals surface area contributed by atoms with Crippen LogP contribution in [-0.2, 0) is 18.3 Å². The van der Waals surface area contributed by atoms with Crippen LogP contribution in [0, 0.1) is 6.92 Å². The number of aryl methyl sites for hydroxylation is 2. The number of aromatic nitrogens is 2. The van der Waals surface area contributed by atoms with Gasteiger partial charge in [-0.25, -0.2) is 9.13 Å². The lowest BCUT2D eigenvalue weighted by Gasteiger charge is -2.22. The summed E-state index contributed by atoms with van der Waals surface area (Å²) in [5, 5.41) is 6.14. The van der Waals surface area contributed by atoms with E-state index in [4.69, 9.17) is 11.6 Å². The fourth-order valence-corrected chi connectivity index (χ4v) is 2.45. The standard InChI is InChI=1S/C16H14ClF6N3O3/c1-8-5-11(26(2)25-8)13(27)24-7-9-3-4-12(10(17)6-9)28-15(19,20)14(18)29-16(21,22)23/h3-6,14H,7H2,1-2H3,(H,24,27). The first-order valence-electron chi connectivity index (χ1n) is 7.81. The molecule has 13 heteroatoms. The number of nitrogens with one attached hydrogen (secondary N) is 1. The van der Waals surface area contributed by atoms with Crippen LogP contribution in [0.3, 0.4) is 0 Å². The summed E-state index contributed by atoms with van der Waals surface area (Å²) in [7, 11) is 1.58. The van der Waals surface area contributed by atoms with Crippen LogP contribution in [0.15, 0.2) is 24.3 Å². The van der Waals surface area contributed by atoms with E-state index in [1.807, 2.05) is 0 Å². The number of alkyl halides is 6. The van der Waals surface area contributed by atoms with Gasteiger partial charge in [0.2, 0.25) is 0 Å². The number of halogens is 7. The van der Waals surface area contributed by atoms with E-state index in [9.17, 15) is 31.1 Å². The number of amides is 1. The van der Waals surface area contributed by atoms with E-state index >= 15 is 0 Å². The lowest BCUT2D eigenvalue weighted by atomic mass is 10.2. The zero-order valence-corrected chi connectivity index (χ0v) is 15.6. The van der Waals surface area contributed by atoms with Crippen molar-refractivity contribution in [1.82, 2.24) is 15.1 Å². The maximum absolute atomic E-state index is 13.4. The third-order valence-electron chi connectivity index (χ3n) is 3.43. The monoisotopic (exact) mass is 445 g/mol. The van der Waals surface area contributed by atoms with Gasteiger partial charge >= 0.3 is 18.8 Å². The van der Waals surface area contributed by atoms with Crippen molar-refractivity contribution in [1.29, 1.82) is 0 Å². The summed E-state index contributed by atoms with van der Waals surface area (Å²) >= 11 is 5.76. The summed E-state index contributed by atoms with van der Waals surface area (Å²) in [4.78, 5) is 12.1. The molecule has 29 heavy (non-hydrogen) atoms. The number of ether oxygens (including phenoxy) is 2. The van der Waals surface area contributed by atoms with Crippen molar-refractivity contribution in [3.8, 4) is 5.75 Å². The van der Waals surface area contributed by atoms with E-state index in [0.29, 0.717) is 11.3 Å². The third-order valence-corrected chi connectivity index (χ3v) is 3.73. The first-order chi connectivity index (χ1) is 13.3. The van der Waals surface area contributed by atoms with Crippen LogP contribution in [0.5, 0.6) is 5.75 Å². The number of benzene rings is 1. The molecule has 6 nitrogen and oxygen atoms in total. The van der Waals surface area contributed by atoms with Gasteiger partial charge in [0.15, 0.2) is 0 Å². The van der Waals surface area contributed by atoms with Crippen LogP contribution in [0.1, 0.15) is 21.7 Å². The van der Waals surface area contributed by atoms with Gasteiger partial charge in [-0.3, -0.25) is 9.48 Å². The molecule has 0 aliphatic rings. The summed E-state index contributed by atoms with van der Waals surface area (Å²) in [6.45, 7) is 1.65. The number of hydrogen-bond acceptors (Lipinski definition) is 4. The van der Waals surface area contributed by atoms with Crippen molar-refractivity contribution in [2.45, 2.75) is 32.3 Å². The molecule has 0 radical (unpaired) electrons. The Morgan fingerprint density at radius 3 is 2.45 bits per heavy atom. The summed E-state index contributed by atoms with van der Waals surface area (Å²) in [6, 6.07) is 4.79. The quantitative estimate of drug-likeness (QED) is 0.651. The van der Waals surface area contributed by atoms with E-state index in [1.165, 1.54) is 10.7 Å². The van der Waals surface area contributed by atoms with Gasteiger partial charge in [0.25, 0.3) is 5.91 Å². The minimum absolute atomic E-state index is 0.0532. The topological polar surface area (TPSA) is 65.4 Å². The largest absolute Gasteiger partial charge is 0.525 e. The van der Waals surface area contributed by atoms with Crippen LogP contribution in [0.2, 0.25) is 5.02 Å². The molecule has 1 heterocycles. The Hall–Kier alpha value is -2.47. The average Bonchev–Trinajstić information content (AvgIpc) is 2.91. The number of carbonyl (C=O) groups is 1. The van der Waals surface area contributed by atoms with Gasteiger partial charge in [-0.05, 0) is 30.7 Å². The fraction of sp³-hybridized carbons (Fsp3) is 0.375. The molecule has 160 valence electrons. The van der Waals surface area contributed by atoms with Crippen LogP contribution in [0.4, 0.5) is 26.3 Å². The predicted octanol–water partition coefficient (Wildman–Crippen LogP) is 4.12. The van der Waals surface area contributed by atoms with Crippen LogP contribution in [-0.4, -0.2) is 34.5 Å². The highest BCUT2D eigenvalue weighted by Gasteiger charge is 2.50. The Kier molecular flexibility index (Phi) is 6.68. The van der Waals surface area contributed by atoms with E-state index < -0.39 is 35.5 Å². The van der Waals surface area contributed by atoms with Gasteiger partial charge < -0.3 is 10.1 Å². The number of carbonyl (C=O) groups excluding carboxylic acids is 1. The van der Waals surface area contributed by atoms with Gasteiger partial charge in [-0.2, -0.15) is 13.9 Å². The highest BCUT2D eigenvalue weighted by atomic mass is 35.5. The SMILES string of the molecule is Cc1cc(C(=O)NCc2ccc(OC(F)(F)C(F)OC(F)(F)F)c(Cl)c2)n(C)n1. The van der Waals surface area contributed by atoms with Crippen molar-refractivity contribution in [2.24, 2.45) is 7.05 Å². The van der Waals surface area contributed by atoms with Crippen molar-refractivity contribution in [3.63, 3.8) is 0 Å². The van der Waals surface area contributed by atoms with E-state index in [2.05, 4.69) is 19.9 Å². The zero-order valence-electron chi connectivity index (χ0n) is 14.9. The molecular weight excluding hydrogens is 432 g/mol. The second kappa shape index (κ2) is 8.49. The lowest BCUT2D eigenvalue weighted by Crippen LogP contribution is -2.41. The molecule has 1 amide bonds. The molecule has 0 fully saturated rings. The molecule has 1 aromatic carbocycles. The van der Waals surface area contributed by atoms with E-state index in [-0.39, 0.29) is 12.2 Å². The molecule has 0 aliphatic carbocycles. The van der Waals surface area contributed by atoms with Crippen molar-refractivity contribution < 1.29 is 40.6 Å². The second-order valence-corrected chi connectivity index (χ2v) is 6.19. The highest BCUT2D eigenvalue weighted by molar-refractivity contribution is 6.32. The maximum Gasteiger partial charge on any atom is 0.525 e. The summed E-state index contributed by atoms with van der Waals surface area (Å²) in [5.74, 6) is -1.23. The second-order valence-electron chi connectivity index (χ2n) is 5.79. The molecule has 0 bridgehead atoms. The van der Waals surface area contributed by atoms with Gasteiger partial charge in [0, 0.05) is 13.6 Å². The Labute approximate surface area is 165 Å². The Balaban J connectivity index is 2.02. The summed E-state index contributed by atoms with van der Waals surface area (Å²) < 4.78 is 83.6. The zero-order chi connectivity index (χ0) is 22.0. The Morgan fingerprint density at radius 1 is 1.28 bits per heavy atom. The van der Waals surface area contributed by atoms with Gasteiger partial charge in [0.05, 0.1) is 10.7 Å². The molecule has 0 saturated heterocycles. The molecule has 2 aromatic rings. The van der Waals surface area contributed by atoms with Crippen molar-refractivity contribution in [2.75, 3.05) is 0 Å². The number of nitrogens with zero attached hydrogens (tertiary/aromatic N) is 2. The number of hydrogen-bond donors (Lipinski definition) is 1. The molecule has 1 unspecified atom stereocenters. The van der Waals surface area contributed by atoms with Gasteiger partial charge in [-0.1, -0.05) is 17.7 Å². The first-order valence-corrected chi connectivity index (χ1v) is 8.19. The summed E-state index contributed by atoms with van der Waals surface area (Å²) in [6.07, 6.45) is -14.7. The molecule has 0 saturated carbocycles. The first kappa shape index (κ1) is 22.8. The third kappa shape index (κ3) is 6.26.